The van der Waals surface area contributed by atoms with Gasteiger partial charge in [0.1, 0.15) is 12.3 Å². The van der Waals surface area contributed by atoms with Gasteiger partial charge in [-0.2, -0.15) is 0 Å². The van der Waals surface area contributed by atoms with Gasteiger partial charge in [0.2, 0.25) is 5.91 Å². The minimum atomic E-state index is -0.108. The molecule has 0 unspecified atom stereocenters. The minimum absolute atomic E-state index is 0.108. The molecule has 7 nitrogen and oxygen atoms in total. The van der Waals surface area contributed by atoms with Crippen LogP contribution in [0, 0.1) is 0 Å². The molecule has 0 aliphatic carbocycles. The van der Waals surface area contributed by atoms with E-state index in [1.807, 2.05) is 65.4 Å². The summed E-state index contributed by atoms with van der Waals surface area (Å²) >= 11 is 0. The summed E-state index contributed by atoms with van der Waals surface area (Å²) in [6, 6.07) is 17.0. The number of fused-ring (bicyclic) bond motifs is 2. The maximum absolute atomic E-state index is 12.6. The Morgan fingerprint density at radius 1 is 1.21 bits per heavy atom. The number of imidazole rings is 1. The minimum Gasteiger partial charge on any atom is -0.497 e. The molecular formula is C22H18N4O3. The number of nitrogens with zero attached hydrogens (tertiary/aromatic N) is 2. The Morgan fingerprint density at radius 3 is 2.97 bits per heavy atom. The van der Waals surface area contributed by atoms with Gasteiger partial charge in [0.05, 0.1) is 24.4 Å². The number of amides is 1. The van der Waals surface area contributed by atoms with Crippen molar-refractivity contribution in [3.05, 3.63) is 67.1 Å². The number of ether oxygens (including phenoxy) is 1. The van der Waals surface area contributed by atoms with E-state index in [0.717, 1.165) is 27.7 Å². The third-order valence-corrected chi connectivity index (χ3v) is 4.81. The van der Waals surface area contributed by atoms with Crippen LogP contribution >= 0.6 is 0 Å². The highest BCUT2D eigenvalue weighted by molar-refractivity contribution is 5.94. The Morgan fingerprint density at radius 2 is 2.14 bits per heavy atom. The summed E-state index contributed by atoms with van der Waals surface area (Å²) in [5.74, 6) is 2.01. The third-order valence-electron chi connectivity index (χ3n) is 4.81. The normalized spacial score (nSPS) is 11.2. The Hall–Kier alpha value is -4.00. The maximum Gasteiger partial charge on any atom is 0.244 e. The number of furan rings is 1. The van der Waals surface area contributed by atoms with E-state index in [0.29, 0.717) is 17.3 Å². The predicted octanol–water partition coefficient (Wildman–Crippen LogP) is 4.42. The van der Waals surface area contributed by atoms with Crippen LogP contribution < -0.4 is 10.1 Å². The first-order chi connectivity index (χ1) is 14.2. The molecular weight excluding hydrogens is 368 g/mol. The monoisotopic (exact) mass is 386 g/mol. The van der Waals surface area contributed by atoms with Gasteiger partial charge in [0, 0.05) is 22.8 Å². The predicted molar refractivity (Wildman–Crippen MR) is 111 cm³/mol. The zero-order valence-corrected chi connectivity index (χ0v) is 15.7. The van der Waals surface area contributed by atoms with Crippen molar-refractivity contribution in [1.29, 1.82) is 0 Å². The largest absolute Gasteiger partial charge is 0.497 e. The van der Waals surface area contributed by atoms with E-state index in [1.165, 1.54) is 0 Å². The van der Waals surface area contributed by atoms with Crippen LogP contribution in [0.2, 0.25) is 0 Å². The van der Waals surface area contributed by atoms with E-state index < -0.39 is 0 Å². The lowest BCUT2D eigenvalue weighted by Gasteiger charge is -2.08. The molecule has 29 heavy (non-hydrogen) atoms. The van der Waals surface area contributed by atoms with Crippen LogP contribution in [0.1, 0.15) is 0 Å². The number of methoxy groups -OCH3 is 1. The summed E-state index contributed by atoms with van der Waals surface area (Å²) in [6.07, 6.45) is 3.51. The van der Waals surface area contributed by atoms with E-state index in [4.69, 9.17) is 9.15 Å². The summed E-state index contributed by atoms with van der Waals surface area (Å²) in [4.78, 5) is 20.3. The maximum atomic E-state index is 12.6. The second-order valence-corrected chi connectivity index (χ2v) is 6.71. The number of hydrogen-bond donors (Lipinski definition) is 2. The van der Waals surface area contributed by atoms with Crippen molar-refractivity contribution in [2.24, 2.45) is 0 Å². The molecule has 0 saturated carbocycles. The lowest BCUT2D eigenvalue weighted by Crippen LogP contribution is -2.18. The topological polar surface area (TPSA) is 85.1 Å². The highest BCUT2D eigenvalue weighted by Crippen LogP contribution is 2.24. The van der Waals surface area contributed by atoms with Crippen LogP contribution in [0.3, 0.4) is 0 Å². The molecule has 3 heterocycles. The highest BCUT2D eigenvalue weighted by atomic mass is 16.5. The lowest BCUT2D eigenvalue weighted by molar-refractivity contribution is -0.116. The van der Waals surface area contributed by atoms with Gasteiger partial charge in [-0.3, -0.25) is 4.79 Å². The van der Waals surface area contributed by atoms with Gasteiger partial charge in [-0.25, -0.2) is 4.98 Å². The van der Waals surface area contributed by atoms with Crippen molar-refractivity contribution in [2.45, 2.75) is 6.54 Å². The van der Waals surface area contributed by atoms with Gasteiger partial charge in [-0.1, -0.05) is 0 Å². The molecule has 5 aromatic rings. The summed E-state index contributed by atoms with van der Waals surface area (Å²) in [5.41, 5.74) is 3.32. The number of rotatable bonds is 5. The highest BCUT2D eigenvalue weighted by Gasteiger charge is 2.11. The second kappa shape index (κ2) is 6.87. The molecule has 0 radical (unpaired) electrons. The zero-order valence-electron chi connectivity index (χ0n) is 15.7. The smallest absolute Gasteiger partial charge is 0.244 e. The molecule has 0 spiro atoms. The number of H-pyrrole nitrogens is 1. The van der Waals surface area contributed by atoms with Crippen LogP contribution in [-0.4, -0.2) is 27.6 Å². The van der Waals surface area contributed by atoms with Crippen molar-refractivity contribution < 1.29 is 13.9 Å². The number of carbonyl (C=O) groups is 1. The van der Waals surface area contributed by atoms with Crippen molar-refractivity contribution in [1.82, 2.24) is 14.5 Å². The average molecular weight is 386 g/mol. The van der Waals surface area contributed by atoms with Crippen LogP contribution in [0.25, 0.3) is 33.5 Å². The van der Waals surface area contributed by atoms with E-state index in [2.05, 4.69) is 15.3 Å². The molecule has 2 N–H and O–H groups in total. The zero-order chi connectivity index (χ0) is 19.8. The molecule has 0 aliphatic rings. The second-order valence-electron chi connectivity index (χ2n) is 6.71. The van der Waals surface area contributed by atoms with Gasteiger partial charge >= 0.3 is 0 Å². The molecule has 7 heteroatoms. The summed E-state index contributed by atoms with van der Waals surface area (Å²) < 4.78 is 12.5. The molecule has 144 valence electrons. The number of benzene rings is 2. The van der Waals surface area contributed by atoms with Crippen molar-refractivity contribution in [3.8, 4) is 17.3 Å². The van der Waals surface area contributed by atoms with Gasteiger partial charge in [0.15, 0.2) is 11.6 Å². The first-order valence-electron chi connectivity index (χ1n) is 9.16. The van der Waals surface area contributed by atoms with Crippen molar-refractivity contribution in [2.75, 3.05) is 12.4 Å². The van der Waals surface area contributed by atoms with Crippen molar-refractivity contribution in [3.63, 3.8) is 0 Å². The number of aromatic nitrogens is 3. The fourth-order valence-corrected chi connectivity index (χ4v) is 3.42. The molecule has 2 aromatic carbocycles. The first-order valence-corrected chi connectivity index (χ1v) is 9.16. The van der Waals surface area contributed by atoms with E-state index >= 15 is 0 Å². The molecule has 0 saturated heterocycles. The molecule has 0 fully saturated rings. The SMILES string of the molecule is COc1ccc2c(ccn2CC(=O)Nc2ccc3nc(-c4ccco4)[nH]c3c2)c1. The number of nitrogens with one attached hydrogen (secondary N) is 2. The van der Waals surface area contributed by atoms with Gasteiger partial charge in [0.25, 0.3) is 0 Å². The van der Waals surface area contributed by atoms with Crippen LogP contribution in [-0.2, 0) is 11.3 Å². The van der Waals surface area contributed by atoms with Gasteiger partial charge in [-0.15, -0.1) is 0 Å². The average Bonchev–Trinajstić information content (AvgIpc) is 3.47. The molecule has 3 aromatic heterocycles. The fraction of sp³-hybridized carbons (Fsp3) is 0.0909. The van der Waals surface area contributed by atoms with E-state index in [-0.39, 0.29) is 12.5 Å². The standard InChI is InChI=1S/C22H18N4O3/c1-28-16-5-7-19-14(11-16)8-9-26(19)13-21(27)23-15-4-6-17-18(12-15)25-22(24-17)20-3-2-10-29-20/h2-12H,13H2,1H3,(H,23,27)(H,24,25). The first kappa shape index (κ1) is 17.1. The third kappa shape index (κ3) is 3.23. The Balaban J connectivity index is 1.34. The lowest BCUT2D eigenvalue weighted by atomic mass is 10.2. The van der Waals surface area contributed by atoms with Crippen LogP contribution in [0.4, 0.5) is 5.69 Å². The molecule has 5 rings (SSSR count). The molecule has 0 atom stereocenters. The Labute approximate surface area is 165 Å². The van der Waals surface area contributed by atoms with Crippen LogP contribution in [0.5, 0.6) is 5.75 Å². The quantitative estimate of drug-likeness (QED) is 0.468. The molecule has 0 aliphatic heterocycles. The van der Waals surface area contributed by atoms with Gasteiger partial charge in [-0.05, 0) is 54.6 Å². The van der Waals surface area contributed by atoms with Crippen molar-refractivity contribution >= 4 is 33.5 Å². The summed E-state index contributed by atoms with van der Waals surface area (Å²) in [6.45, 7) is 0.217. The molecule has 1 amide bonds. The summed E-state index contributed by atoms with van der Waals surface area (Å²) in [5, 5.41) is 3.98. The van der Waals surface area contributed by atoms with Crippen LogP contribution in [0.15, 0.2) is 71.5 Å². The van der Waals surface area contributed by atoms with Gasteiger partial charge < -0.3 is 24.0 Å². The number of carbonyl (C=O) groups excluding carboxylic acids is 1. The fourth-order valence-electron chi connectivity index (χ4n) is 3.42. The Bertz CT molecular complexity index is 1310. The Kier molecular flexibility index (Phi) is 4.05. The summed E-state index contributed by atoms with van der Waals surface area (Å²) in [7, 11) is 1.64. The van der Waals surface area contributed by atoms with E-state index in [9.17, 15) is 4.79 Å². The number of anilines is 1. The number of hydrogen-bond acceptors (Lipinski definition) is 4. The van der Waals surface area contributed by atoms with E-state index in [1.54, 1.807) is 13.4 Å². The number of aromatic amines is 1. The molecule has 0 bridgehead atoms.